The van der Waals surface area contributed by atoms with Crippen LogP contribution in [0.4, 0.5) is 5.69 Å². The fourth-order valence-electron chi connectivity index (χ4n) is 0.944. The third-order valence-corrected chi connectivity index (χ3v) is 1.75. The molecule has 2 N–H and O–H groups in total. The van der Waals surface area contributed by atoms with E-state index in [2.05, 4.69) is 0 Å². The molecule has 0 saturated carbocycles. The lowest BCUT2D eigenvalue weighted by atomic mass is 10.2. The number of hydrogen-bond acceptors (Lipinski definition) is 3. The zero-order valence-corrected chi connectivity index (χ0v) is 9.65. The van der Waals surface area contributed by atoms with Gasteiger partial charge in [-0.1, -0.05) is 26.0 Å². The molecule has 0 aliphatic carbocycles. The van der Waals surface area contributed by atoms with Crippen LogP contribution in [0.1, 0.15) is 24.2 Å². The van der Waals surface area contributed by atoms with Crippen LogP contribution in [0.25, 0.3) is 0 Å². The number of carbonyl (C=O) groups excluding carboxylic acids is 1. The monoisotopic (exact) mass is 210 g/mol. The number of nitrogen functional groups attached to an aromatic ring is 1. The lowest BCUT2D eigenvalue weighted by Crippen LogP contribution is -2.26. The predicted molar refractivity (Wildman–Crippen MR) is 61.3 cm³/mol. The summed E-state index contributed by atoms with van der Waals surface area (Å²) < 4.78 is 0. The van der Waals surface area contributed by atoms with Crippen molar-refractivity contribution in [3.63, 3.8) is 0 Å². The maximum absolute atomic E-state index is 11.5. The summed E-state index contributed by atoms with van der Waals surface area (Å²) in [5, 5.41) is 1.13. The number of rotatable bonds is 2. The zero-order valence-electron chi connectivity index (χ0n) is 9.65. The highest BCUT2D eigenvalue weighted by molar-refractivity contribution is 5.98. The molecule has 1 amide bonds. The molecule has 0 aliphatic rings. The molecule has 4 nitrogen and oxygen atoms in total. The van der Waals surface area contributed by atoms with E-state index < -0.39 is 0 Å². The van der Waals surface area contributed by atoms with E-state index in [0.29, 0.717) is 11.3 Å². The van der Waals surface area contributed by atoms with E-state index in [-0.39, 0.29) is 5.91 Å². The summed E-state index contributed by atoms with van der Waals surface area (Å²) in [5.74, 6) is -0.249. The average Bonchev–Trinajstić information content (AvgIpc) is 2.30. The van der Waals surface area contributed by atoms with Crippen LogP contribution in [0, 0.1) is 0 Å². The van der Waals surface area contributed by atoms with Crippen LogP contribution < -0.4 is 5.73 Å². The number of carbonyl (C=O) groups is 1. The molecular weight excluding hydrogens is 192 g/mol. The number of hydrogen-bond donors (Lipinski definition) is 1. The minimum Gasteiger partial charge on any atom is -0.398 e. The van der Waals surface area contributed by atoms with Gasteiger partial charge in [0.05, 0.1) is 12.7 Å². The quantitative estimate of drug-likeness (QED) is 0.599. The molecule has 4 heteroatoms. The first kappa shape index (κ1) is 13.4. The Balaban J connectivity index is 0.000000921. The molecule has 1 aromatic carbocycles. The Morgan fingerprint density at radius 3 is 2.33 bits per heavy atom. The minimum atomic E-state index is -0.249. The van der Waals surface area contributed by atoms with Gasteiger partial charge in [-0.3, -0.25) is 9.63 Å². The molecule has 0 fully saturated rings. The van der Waals surface area contributed by atoms with Crippen LogP contribution in [-0.4, -0.2) is 25.1 Å². The highest BCUT2D eigenvalue weighted by Gasteiger charge is 2.12. The van der Waals surface area contributed by atoms with Gasteiger partial charge in [0.1, 0.15) is 0 Å². The van der Waals surface area contributed by atoms with Gasteiger partial charge in [-0.2, -0.15) is 0 Å². The molecule has 0 bridgehead atoms. The van der Waals surface area contributed by atoms with Gasteiger partial charge in [0.2, 0.25) is 0 Å². The highest BCUT2D eigenvalue weighted by atomic mass is 16.7. The van der Waals surface area contributed by atoms with Gasteiger partial charge >= 0.3 is 0 Å². The Hall–Kier alpha value is -1.55. The minimum absolute atomic E-state index is 0.249. The van der Waals surface area contributed by atoms with E-state index in [1.54, 1.807) is 24.3 Å². The Morgan fingerprint density at radius 2 is 1.87 bits per heavy atom. The van der Waals surface area contributed by atoms with E-state index in [0.717, 1.165) is 5.06 Å². The standard InChI is InChI=1S/C9H12N2O2.C2H6/c1-11(13-2)9(12)7-5-3-4-6-8(7)10;1-2/h3-6H,10H2,1-2H3;1-2H3. The first-order valence-corrected chi connectivity index (χ1v) is 4.83. The number of amides is 1. The number of hydroxylamine groups is 2. The third kappa shape index (κ3) is 3.59. The molecule has 0 radical (unpaired) electrons. The Kier molecular flexibility index (Phi) is 6.13. The number of nitrogens with two attached hydrogens (primary N) is 1. The maximum atomic E-state index is 11.5. The molecule has 0 aromatic heterocycles. The van der Waals surface area contributed by atoms with Crippen molar-refractivity contribution >= 4 is 11.6 Å². The van der Waals surface area contributed by atoms with Crippen LogP contribution in [0.2, 0.25) is 0 Å². The van der Waals surface area contributed by atoms with E-state index in [1.165, 1.54) is 14.2 Å². The van der Waals surface area contributed by atoms with Crippen molar-refractivity contribution < 1.29 is 9.63 Å². The summed E-state index contributed by atoms with van der Waals surface area (Å²) in [5.41, 5.74) is 6.52. The fraction of sp³-hybridized carbons (Fsp3) is 0.364. The second-order valence-electron chi connectivity index (χ2n) is 2.57. The summed E-state index contributed by atoms with van der Waals surface area (Å²) in [4.78, 5) is 16.3. The summed E-state index contributed by atoms with van der Waals surface area (Å²) in [6.45, 7) is 4.00. The topological polar surface area (TPSA) is 55.6 Å². The summed E-state index contributed by atoms with van der Waals surface area (Å²) in [7, 11) is 2.96. The smallest absolute Gasteiger partial charge is 0.279 e. The number of anilines is 1. The molecule has 1 rings (SSSR count). The average molecular weight is 210 g/mol. The van der Waals surface area contributed by atoms with Crippen molar-refractivity contribution in [1.29, 1.82) is 0 Å². The van der Waals surface area contributed by atoms with E-state index in [1.807, 2.05) is 13.8 Å². The van der Waals surface area contributed by atoms with Crippen LogP contribution >= 0.6 is 0 Å². The predicted octanol–water partition coefficient (Wildman–Crippen LogP) is 1.93. The van der Waals surface area contributed by atoms with E-state index in [4.69, 9.17) is 10.6 Å². The largest absolute Gasteiger partial charge is 0.398 e. The van der Waals surface area contributed by atoms with Crippen molar-refractivity contribution in [2.24, 2.45) is 0 Å². The van der Waals surface area contributed by atoms with Crippen molar-refractivity contribution in [2.75, 3.05) is 19.9 Å². The van der Waals surface area contributed by atoms with Crippen LogP contribution in [0.15, 0.2) is 24.3 Å². The van der Waals surface area contributed by atoms with Crippen molar-refractivity contribution in [1.82, 2.24) is 5.06 Å². The molecular formula is C11H18N2O2. The Morgan fingerprint density at radius 1 is 1.33 bits per heavy atom. The van der Waals surface area contributed by atoms with Gasteiger partial charge in [0, 0.05) is 12.7 Å². The van der Waals surface area contributed by atoms with Crippen LogP contribution in [0.5, 0.6) is 0 Å². The van der Waals surface area contributed by atoms with Gasteiger partial charge in [-0.15, -0.1) is 0 Å². The van der Waals surface area contributed by atoms with Gasteiger partial charge < -0.3 is 5.73 Å². The van der Waals surface area contributed by atoms with Gasteiger partial charge in [-0.25, -0.2) is 5.06 Å². The molecule has 84 valence electrons. The Bertz CT molecular complexity index is 313. The molecule has 0 unspecified atom stereocenters. The van der Waals surface area contributed by atoms with Crippen LogP contribution in [-0.2, 0) is 4.84 Å². The van der Waals surface area contributed by atoms with Gasteiger partial charge in [0.15, 0.2) is 0 Å². The zero-order chi connectivity index (χ0) is 11.8. The first-order chi connectivity index (χ1) is 7.16. The highest BCUT2D eigenvalue weighted by Crippen LogP contribution is 2.12. The molecule has 0 heterocycles. The van der Waals surface area contributed by atoms with Crippen molar-refractivity contribution in [3.8, 4) is 0 Å². The molecule has 0 saturated heterocycles. The van der Waals surface area contributed by atoms with E-state index >= 15 is 0 Å². The first-order valence-electron chi connectivity index (χ1n) is 4.83. The molecule has 1 aromatic rings. The van der Waals surface area contributed by atoms with Gasteiger partial charge in [-0.05, 0) is 12.1 Å². The van der Waals surface area contributed by atoms with E-state index in [9.17, 15) is 4.79 Å². The van der Waals surface area contributed by atoms with Crippen molar-refractivity contribution in [3.05, 3.63) is 29.8 Å². The molecule has 0 aliphatic heterocycles. The summed E-state index contributed by atoms with van der Waals surface area (Å²) in [6, 6.07) is 6.87. The lowest BCUT2D eigenvalue weighted by molar-refractivity contribution is -0.0756. The molecule has 15 heavy (non-hydrogen) atoms. The normalized spacial score (nSPS) is 8.80. The molecule has 0 spiro atoms. The summed E-state index contributed by atoms with van der Waals surface area (Å²) >= 11 is 0. The lowest BCUT2D eigenvalue weighted by Gasteiger charge is -2.14. The fourth-order valence-corrected chi connectivity index (χ4v) is 0.944. The molecule has 0 atom stereocenters. The van der Waals surface area contributed by atoms with Gasteiger partial charge in [0.25, 0.3) is 5.91 Å². The number of benzene rings is 1. The second-order valence-corrected chi connectivity index (χ2v) is 2.57. The maximum Gasteiger partial charge on any atom is 0.279 e. The third-order valence-electron chi connectivity index (χ3n) is 1.75. The van der Waals surface area contributed by atoms with Crippen molar-refractivity contribution in [2.45, 2.75) is 13.8 Å². The number of para-hydroxylation sites is 1. The Labute approximate surface area is 90.6 Å². The second kappa shape index (κ2) is 6.84. The number of nitrogens with zero attached hydrogens (tertiary/aromatic N) is 1. The summed E-state index contributed by atoms with van der Waals surface area (Å²) in [6.07, 6.45) is 0. The van der Waals surface area contributed by atoms with Crippen LogP contribution in [0.3, 0.4) is 0 Å². The SMILES string of the molecule is CC.CON(C)C(=O)c1ccccc1N.